The minimum Gasteiger partial charge on any atom is -0.370 e. The number of likely N-dealkylation sites (tertiary alicyclic amines) is 1. The van der Waals surface area contributed by atoms with Crippen molar-refractivity contribution in [2.45, 2.75) is 109 Å². The van der Waals surface area contributed by atoms with Gasteiger partial charge in [-0.15, -0.1) is 0 Å². The zero-order chi connectivity index (χ0) is 50.3. The number of aromatic nitrogens is 3. The number of nitrogens with zero attached hydrogens (tertiary/aromatic N) is 3. The van der Waals surface area contributed by atoms with Gasteiger partial charge in [0, 0.05) is 61.8 Å². The Balaban J connectivity index is 0.00000160. The van der Waals surface area contributed by atoms with E-state index in [2.05, 4.69) is 51.8 Å². The van der Waals surface area contributed by atoms with Crippen molar-refractivity contribution in [3.63, 3.8) is 0 Å². The first-order chi connectivity index (χ1) is 33.1. The van der Waals surface area contributed by atoms with Gasteiger partial charge in [-0.2, -0.15) is 0 Å². The number of carbonyl (C=O) groups is 8. The molecule has 0 saturated carbocycles. The molecule has 0 bridgehead atoms. The molecule has 1 aliphatic heterocycles. The molecule has 69 heavy (non-hydrogen) atoms. The monoisotopic (exact) mass is 955 g/mol. The topological polar surface area (TPSA) is 347 Å². The van der Waals surface area contributed by atoms with Crippen LogP contribution in [0, 0.1) is 6.92 Å². The lowest BCUT2D eigenvalue weighted by Gasteiger charge is -2.30. The highest BCUT2D eigenvalue weighted by Gasteiger charge is 2.39. The molecule has 22 nitrogen and oxygen atoms in total. The molecule has 372 valence electrons. The van der Waals surface area contributed by atoms with Crippen LogP contribution < -0.4 is 49.1 Å². The predicted octanol–water partition coefficient (Wildman–Crippen LogP) is -0.417. The third-order valence-electron chi connectivity index (χ3n) is 11.1. The summed E-state index contributed by atoms with van der Waals surface area (Å²) < 4.78 is 0. The molecule has 22 heteroatoms. The van der Waals surface area contributed by atoms with Gasteiger partial charge in [0.15, 0.2) is 5.96 Å². The zero-order valence-corrected chi connectivity index (χ0v) is 39.3. The normalized spacial score (nSPS) is 14.7. The smallest absolute Gasteiger partial charge is 0.245 e. The maximum Gasteiger partial charge on any atom is 0.245 e. The number of amides is 8. The highest BCUT2D eigenvalue weighted by Crippen LogP contribution is 2.22. The maximum atomic E-state index is 14.3. The maximum absolute atomic E-state index is 14.3. The van der Waals surface area contributed by atoms with Gasteiger partial charge in [0.1, 0.15) is 30.2 Å². The van der Waals surface area contributed by atoms with Gasteiger partial charge in [-0.1, -0.05) is 68.3 Å². The van der Waals surface area contributed by atoms with Crippen molar-refractivity contribution in [3.8, 4) is 0 Å². The molecule has 2 aromatic carbocycles. The summed E-state index contributed by atoms with van der Waals surface area (Å²) in [5.74, 6) is -5.10. The van der Waals surface area contributed by atoms with Gasteiger partial charge >= 0.3 is 0 Å². The molecule has 1 fully saturated rings. The average molecular weight is 955 g/mol. The van der Waals surface area contributed by atoms with E-state index in [9.17, 15) is 38.4 Å². The summed E-state index contributed by atoms with van der Waals surface area (Å²) in [5, 5.41) is 16.5. The van der Waals surface area contributed by atoms with E-state index >= 15 is 0 Å². The molecule has 3 heterocycles. The van der Waals surface area contributed by atoms with Crippen LogP contribution in [-0.2, 0) is 51.2 Å². The Morgan fingerprint density at radius 2 is 1.49 bits per heavy atom. The standard InChI is InChI=1S/C43H60N12O8.C4H6N2/c1-3-4-15-31(51-26(2)56)39(60)50-24-36(57)49-25-37(58)52-34(21-27-12-6-5-7-13-27)40(61)53-32(17-10-19-47-43(45)46)42(63)55-20-11-18-35(55)41(62)54-33(38(44)59)22-28-23-48-30-16-9-8-14-29(28)30;1-4-2-5-3-6-4/h5-9,12-14,16,23,31-35,48H,3-4,10-11,15,17-22,24-25H2,1-2H3,(H2,44,59)(H,49,57)(H,50,60)(H,51,56)(H,52,58)(H,53,61)(H,54,62)(H4,45,46,47);2-3H,1H3,(H,5,6)/t31-,32-,33-,34?,35?;/m0./s1. The number of nitrogens with one attached hydrogen (secondary N) is 8. The van der Waals surface area contributed by atoms with E-state index in [1.807, 2.05) is 38.1 Å². The fourth-order valence-electron chi connectivity index (χ4n) is 7.63. The first-order valence-electron chi connectivity index (χ1n) is 23.0. The van der Waals surface area contributed by atoms with Crippen LogP contribution in [-0.4, -0.2) is 129 Å². The highest BCUT2D eigenvalue weighted by molar-refractivity contribution is 5.97. The number of hydrogen-bond acceptors (Lipinski definition) is 10. The molecule has 5 atom stereocenters. The molecular formula is C47H66N14O8. The number of imidazole rings is 1. The second-order valence-corrected chi connectivity index (χ2v) is 16.7. The van der Waals surface area contributed by atoms with E-state index in [1.165, 1.54) is 11.8 Å². The fraction of sp³-hybridized carbons (Fsp3) is 0.447. The number of hydrogen-bond donors (Lipinski definition) is 11. The number of nitrogens with two attached hydrogens (primary N) is 3. The zero-order valence-electron chi connectivity index (χ0n) is 39.3. The van der Waals surface area contributed by atoms with Crippen molar-refractivity contribution in [1.82, 2.24) is 51.8 Å². The molecule has 2 unspecified atom stereocenters. The van der Waals surface area contributed by atoms with Crippen LogP contribution >= 0.6 is 0 Å². The Bertz CT molecular complexity index is 2370. The molecule has 0 aliphatic carbocycles. The quantitative estimate of drug-likeness (QED) is 0.0244. The average Bonchev–Trinajstić information content (AvgIpc) is 4.11. The van der Waals surface area contributed by atoms with Gasteiger partial charge in [-0.25, -0.2) is 4.98 Å². The lowest BCUT2D eigenvalue weighted by atomic mass is 10.0. The Hall–Kier alpha value is -7.78. The van der Waals surface area contributed by atoms with Crippen molar-refractivity contribution in [3.05, 3.63) is 90.1 Å². The van der Waals surface area contributed by atoms with E-state index in [1.54, 1.807) is 49.1 Å². The summed E-state index contributed by atoms with van der Waals surface area (Å²) in [6, 6.07) is 11.1. The van der Waals surface area contributed by atoms with Crippen molar-refractivity contribution in [2.75, 3.05) is 26.2 Å². The largest absolute Gasteiger partial charge is 0.370 e. The van der Waals surface area contributed by atoms with Crippen molar-refractivity contribution in [1.29, 1.82) is 0 Å². The summed E-state index contributed by atoms with van der Waals surface area (Å²) >= 11 is 0. The molecule has 0 spiro atoms. The predicted molar refractivity (Wildman–Crippen MR) is 258 cm³/mol. The second-order valence-electron chi connectivity index (χ2n) is 16.7. The number of aromatic amines is 2. The van der Waals surface area contributed by atoms with Gasteiger partial charge in [0.05, 0.1) is 19.4 Å². The molecule has 4 aromatic rings. The van der Waals surface area contributed by atoms with Gasteiger partial charge in [0.2, 0.25) is 47.3 Å². The van der Waals surface area contributed by atoms with E-state index in [0.717, 1.165) is 28.6 Å². The molecule has 1 saturated heterocycles. The summed E-state index contributed by atoms with van der Waals surface area (Å²) in [4.78, 5) is 120. The van der Waals surface area contributed by atoms with E-state index in [-0.39, 0.29) is 50.6 Å². The first kappa shape index (κ1) is 53.8. The lowest BCUT2D eigenvalue weighted by molar-refractivity contribution is -0.142. The third-order valence-corrected chi connectivity index (χ3v) is 11.1. The van der Waals surface area contributed by atoms with Crippen molar-refractivity contribution in [2.24, 2.45) is 22.2 Å². The Kier molecular flexibility index (Phi) is 21.7. The molecule has 2 aromatic heterocycles. The SMILES string of the molecule is CCCC[C@H](NC(C)=O)C(=O)NCC(=O)NCC(=O)NC(Cc1ccccc1)C(=O)N[C@@H](CCCN=C(N)N)C(=O)N1CCCC1C(=O)N[C@@H](Cc1c[nH]c2ccccc12)C(N)=O.Cc1cnc[nH]1. The lowest BCUT2D eigenvalue weighted by Crippen LogP contribution is -2.58. The van der Waals surface area contributed by atoms with Gasteiger partial charge in [0.25, 0.3) is 0 Å². The number of fused-ring (bicyclic) bond motifs is 1. The minimum absolute atomic E-state index is 0.0132. The molecule has 0 radical (unpaired) electrons. The van der Waals surface area contributed by atoms with Crippen LogP contribution in [0.4, 0.5) is 0 Å². The number of aryl methyl sites for hydroxylation is 1. The van der Waals surface area contributed by atoms with Crippen LogP contribution in [0.2, 0.25) is 0 Å². The number of para-hydroxylation sites is 1. The molecule has 8 amide bonds. The number of H-pyrrole nitrogens is 2. The Morgan fingerprint density at radius 1 is 0.783 bits per heavy atom. The van der Waals surface area contributed by atoms with Gasteiger partial charge in [-0.05, 0) is 56.2 Å². The van der Waals surface area contributed by atoms with E-state index in [0.29, 0.717) is 31.2 Å². The number of guanidine groups is 1. The Morgan fingerprint density at radius 3 is 2.14 bits per heavy atom. The molecular weight excluding hydrogens is 889 g/mol. The molecule has 1 aliphatic rings. The third kappa shape index (κ3) is 18.1. The minimum atomic E-state index is -1.22. The van der Waals surface area contributed by atoms with Crippen LogP contribution in [0.25, 0.3) is 10.9 Å². The number of unbranched alkanes of at least 4 members (excludes halogenated alkanes) is 1. The van der Waals surface area contributed by atoms with Crippen LogP contribution in [0.5, 0.6) is 0 Å². The van der Waals surface area contributed by atoms with Crippen molar-refractivity contribution >= 4 is 64.1 Å². The Labute approximate surface area is 400 Å². The van der Waals surface area contributed by atoms with Gasteiger partial charge in [-0.3, -0.25) is 43.3 Å². The van der Waals surface area contributed by atoms with E-state index in [4.69, 9.17) is 17.2 Å². The number of benzene rings is 2. The number of rotatable bonds is 24. The highest BCUT2D eigenvalue weighted by atomic mass is 16.2. The fourth-order valence-corrected chi connectivity index (χ4v) is 7.63. The number of aliphatic imine (C=N–C) groups is 1. The summed E-state index contributed by atoms with van der Waals surface area (Å²) in [5.41, 5.74) is 20.2. The van der Waals surface area contributed by atoms with Crippen LogP contribution in [0.1, 0.15) is 75.6 Å². The number of primary amides is 1. The molecule has 14 N–H and O–H groups in total. The van der Waals surface area contributed by atoms with Crippen molar-refractivity contribution < 1.29 is 38.4 Å². The summed E-state index contributed by atoms with van der Waals surface area (Å²) in [7, 11) is 0. The first-order valence-corrected chi connectivity index (χ1v) is 23.0. The summed E-state index contributed by atoms with van der Waals surface area (Å²) in [6.45, 7) is 4.51. The second kappa shape index (κ2) is 27.8. The molecule has 5 rings (SSSR count). The number of carbonyl (C=O) groups excluding carboxylic acids is 8. The van der Waals surface area contributed by atoms with E-state index < -0.39 is 84.6 Å². The summed E-state index contributed by atoms with van der Waals surface area (Å²) in [6.07, 6.45) is 8.27. The van der Waals surface area contributed by atoms with Crippen LogP contribution in [0.15, 0.2) is 78.3 Å². The van der Waals surface area contributed by atoms with Crippen LogP contribution in [0.3, 0.4) is 0 Å². The van der Waals surface area contributed by atoms with Gasteiger partial charge < -0.3 is 64.0 Å².